The Bertz CT molecular complexity index is 650. The summed E-state index contributed by atoms with van der Waals surface area (Å²) in [5, 5.41) is 11.9. The Labute approximate surface area is 154 Å². The number of carboxylic acid groups (broad SMARTS) is 1. The molecule has 0 spiro atoms. The third-order valence-electron chi connectivity index (χ3n) is 4.01. The molecular weight excluding hydrogens is 332 g/mol. The fourth-order valence-corrected chi connectivity index (χ4v) is 2.92. The number of carbonyl (C=O) groups excluding carboxylic acids is 1. The molecule has 1 aromatic carbocycles. The summed E-state index contributed by atoms with van der Waals surface area (Å²) in [6.45, 7) is 7.70. The summed E-state index contributed by atoms with van der Waals surface area (Å²) in [4.78, 5) is 25.7. The zero-order valence-electron chi connectivity index (χ0n) is 15.7. The van der Waals surface area contributed by atoms with E-state index in [4.69, 9.17) is 4.74 Å². The van der Waals surface area contributed by atoms with Crippen molar-refractivity contribution in [3.05, 3.63) is 47.5 Å². The van der Waals surface area contributed by atoms with E-state index >= 15 is 0 Å². The van der Waals surface area contributed by atoms with Gasteiger partial charge in [-0.2, -0.15) is 0 Å². The lowest BCUT2D eigenvalue weighted by atomic mass is 10.0. The van der Waals surface area contributed by atoms with Crippen molar-refractivity contribution < 1.29 is 19.4 Å². The molecule has 0 bridgehead atoms. The van der Waals surface area contributed by atoms with Gasteiger partial charge in [-0.15, -0.1) is 0 Å². The predicted molar refractivity (Wildman–Crippen MR) is 99.8 cm³/mol. The lowest BCUT2D eigenvalue weighted by Gasteiger charge is -2.29. The molecule has 0 fully saturated rings. The minimum atomic E-state index is -1.06. The van der Waals surface area contributed by atoms with Crippen LogP contribution >= 0.6 is 0 Å². The molecule has 1 aromatic rings. The zero-order chi connectivity index (χ0) is 19.2. The van der Waals surface area contributed by atoms with Crippen LogP contribution in [0.5, 0.6) is 0 Å². The smallest absolute Gasteiger partial charge is 0.408 e. The molecule has 0 aliphatic carbocycles. The van der Waals surface area contributed by atoms with Crippen LogP contribution in [0.4, 0.5) is 4.79 Å². The molecule has 0 aromatic heterocycles. The molecule has 1 heterocycles. The van der Waals surface area contributed by atoms with Crippen LogP contribution in [-0.2, 0) is 16.1 Å². The van der Waals surface area contributed by atoms with Gasteiger partial charge in [0, 0.05) is 26.1 Å². The van der Waals surface area contributed by atoms with Crippen LogP contribution < -0.4 is 5.32 Å². The first-order chi connectivity index (χ1) is 12.2. The molecule has 6 nitrogen and oxygen atoms in total. The molecule has 0 radical (unpaired) electrons. The predicted octanol–water partition coefficient (Wildman–Crippen LogP) is 3.19. The maximum Gasteiger partial charge on any atom is 0.408 e. The number of hydrogen-bond acceptors (Lipinski definition) is 4. The van der Waals surface area contributed by atoms with Crippen LogP contribution in [0.1, 0.15) is 39.2 Å². The van der Waals surface area contributed by atoms with Crippen LogP contribution in [0.25, 0.3) is 0 Å². The Balaban J connectivity index is 1.92. The third-order valence-corrected chi connectivity index (χ3v) is 4.01. The van der Waals surface area contributed by atoms with Gasteiger partial charge >= 0.3 is 12.1 Å². The highest BCUT2D eigenvalue weighted by Crippen LogP contribution is 2.18. The second-order valence-electron chi connectivity index (χ2n) is 7.59. The normalized spacial score (nSPS) is 16.5. The fourth-order valence-electron chi connectivity index (χ4n) is 2.92. The van der Waals surface area contributed by atoms with Crippen molar-refractivity contribution in [3.8, 4) is 0 Å². The van der Waals surface area contributed by atoms with Crippen molar-refractivity contribution in [1.29, 1.82) is 0 Å². The summed E-state index contributed by atoms with van der Waals surface area (Å²) >= 11 is 0. The van der Waals surface area contributed by atoms with Gasteiger partial charge in [-0.3, -0.25) is 4.90 Å². The molecular formula is C20H28N2O4. The Hall–Kier alpha value is -2.34. The zero-order valence-corrected chi connectivity index (χ0v) is 15.7. The number of aliphatic carboxylic acids is 1. The number of hydrogen-bond donors (Lipinski definition) is 2. The number of benzene rings is 1. The summed E-state index contributed by atoms with van der Waals surface area (Å²) in [5.74, 6) is -1.06. The van der Waals surface area contributed by atoms with E-state index in [1.54, 1.807) is 20.8 Å². The van der Waals surface area contributed by atoms with Crippen molar-refractivity contribution in [3.63, 3.8) is 0 Å². The standard InChI is InChI=1S/C20H28N2O4/c1-20(2,3)26-19(25)21-17(18(23)24)12-16-10-7-11-22(14-16)13-15-8-5-4-6-9-15/h4-6,8-10,17H,7,11-14H2,1-3H3,(H,21,25)(H,23,24)/t17-/m0/s1. The Morgan fingerprint density at radius 2 is 1.96 bits per heavy atom. The number of nitrogens with zero attached hydrogens (tertiary/aromatic N) is 1. The first-order valence-corrected chi connectivity index (χ1v) is 8.89. The van der Waals surface area contributed by atoms with Gasteiger partial charge in [-0.1, -0.05) is 42.0 Å². The first kappa shape index (κ1) is 20.0. The van der Waals surface area contributed by atoms with Crippen LogP contribution in [0.3, 0.4) is 0 Å². The molecule has 2 N–H and O–H groups in total. The quantitative estimate of drug-likeness (QED) is 0.762. The van der Waals surface area contributed by atoms with Crippen molar-refractivity contribution in [1.82, 2.24) is 10.2 Å². The van der Waals surface area contributed by atoms with Crippen molar-refractivity contribution in [2.24, 2.45) is 0 Å². The van der Waals surface area contributed by atoms with E-state index in [1.807, 2.05) is 18.2 Å². The molecule has 26 heavy (non-hydrogen) atoms. The highest BCUT2D eigenvalue weighted by Gasteiger charge is 2.26. The molecule has 1 atom stereocenters. The average molecular weight is 360 g/mol. The molecule has 142 valence electrons. The Morgan fingerprint density at radius 3 is 2.58 bits per heavy atom. The Morgan fingerprint density at radius 1 is 1.27 bits per heavy atom. The second kappa shape index (κ2) is 8.85. The third kappa shape index (κ3) is 6.88. The monoisotopic (exact) mass is 360 g/mol. The van der Waals surface area contributed by atoms with Crippen molar-refractivity contribution >= 4 is 12.1 Å². The fraction of sp³-hybridized carbons (Fsp3) is 0.500. The molecule has 1 aliphatic heterocycles. The van der Waals surface area contributed by atoms with Crippen molar-refractivity contribution in [2.45, 2.75) is 51.8 Å². The van der Waals surface area contributed by atoms with E-state index in [0.717, 1.165) is 25.1 Å². The van der Waals surface area contributed by atoms with E-state index in [1.165, 1.54) is 5.56 Å². The summed E-state index contributed by atoms with van der Waals surface area (Å²) < 4.78 is 5.16. The maximum absolute atomic E-state index is 11.9. The van der Waals surface area contributed by atoms with Crippen LogP contribution in [-0.4, -0.2) is 46.8 Å². The largest absolute Gasteiger partial charge is 0.480 e. The molecule has 6 heteroatoms. The number of nitrogens with one attached hydrogen (secondary N) is 1. The van der Waals surface area contributed by atoms with Gasteiger partial charge in [0.1, 0.15) is 11.6 Å². The van der Waals surface area contributed by atoms with Gasteiger partial charge in [0.25, 0.3) is 0 Å². The molecule has 0 unspecified atom stereocenters. The molecule has 2 rings (SSSR count). The molecule has 0 saturated carbocycles. The van der Waals surface area contributed by atoms with Crippen LogP contribution in [0.15, 0.2) is 42.0 Å². The lowest BCUT2D eigenvalue weighted by Crippen LogP contribution is -2.44. The van der Waals surface area contributed by atoms with E-state index in [9.17, 15) is 14.7 Å². The van der Waals surface area contributed by atoms with Gasteiger partial charge < -0.3 is 15.2 Å². The number of alkyl carbamates (subject to hydrolysis) is 1. The van der Waals surface area contributed by atoms with E-state index in [0.29, 0.717) is 6.54 Å². The average Bonchev–Trinajstić information content (AvgIpc) is 2.53. The van der Waals surface area contributed by atoms with E-state index in [-0.39, 0.29) is 6.42 Å². The van der Waals surface area contributed by atoms with E-state index < -0.39 is 23.7 Å². The summed E-state index contributed by atoms with van der Waals surface area (Å²) in [6, 6.07) is 9.20. The van der Waals surface area contributed by atoms with Gasteiger partial charge in [0.2, 0.25) is 0 Å². The topological polar surface area (TPSA) is 78.9 Å². The number of carbonyl (C=O) groups is 2. The van der Waals surface area contributed by atoms with Gasteiger partial charge in [-0.25, -0.2) is 9.59 Å². The number of rotatable bonds is 6. The highest BCUT2D eigenvalue weighted by molar-refractivity contribution is 5.80. The maximum atomic E-state index is 11.9. The minimum Gasteiger partial charge on any atom is -0.480 e. The van der Waals surface area contributed by atoms with E-state index in [2.05, 4.69) is 28.4 Å². The summed E-state index contributed by atoms with van der Waals surface area (Å²) in [6.07, 6.45) is 2.53. The first-order valence-electron chi connectivity index (χ1n) is 8.89. The highest BCUT2D eigenvalue weighted by atomic mass is 16.6. The lowest BCUT2D eigenvalue weighted by molar-refractivity contribution is -0.139. The number of amides is 1. The van der Waals surface area contributed by atoms with Gasteiger partial charge in [0.05, 0.1) is 0 Å². The molecule has 1 amide bonds. The number of ether oxygens (including phenoxy) is 1. The molecule has 0 saturated heterocycles. The van der Waals surface area contributed by atoms with Crippen LogP contribution in [0.2, 0.25) is 0 Å². The second-order valence-corrected chi connectivity index (χ2v) is 7.59. The minimum absolute atomic E-state index is 0.278. The molecule has 1 aliphatic rings. The SMILES string of the molecule is CC(C)(C)OC(=O)N[C@@H](CC1=CCCN(Cc2ccccc2)C1)C(=O)O. The summed E-state index contributed by atoms with van der Waals surface area (Å²) in [5.41, 5.74) is 1.59. The summed E-state index contributed by atoms with van der Waals surface area (Å²) in [7, 11) is 0. The number of carboxylic acids is 1. The van der Waals surface area contributed by atoms with Crippen molar-refractivity contribution in [2.75, 3.05) is 13.1 Å². The Kier molecular flexibility index (Phi) is 6.80. The van der Waals surface area contributed by atoms with Gasteiger partial charge in [-0.05, 0) is 32.8 Å². The van der Waals surface area contributed by atoms with Gasteiger partial charge in [0.15, 0.2) is 0 Å². The van der Waals surface area contributed by atoms with Crippen LogP contribution in [0, 0.1) is 0 Å².